The molecule has 1 aromatic carbocycles. The van der Waals surface area contributed by atoms with Crippen molar-refractivity contribution in [3.05, 3.63) is 23.8 Å². The lowest BCUT2D eigenvalue weighted by atomic mass is 9.96. The molecular formula is C18H29N3O3S. The lowest BCUT2D eigenvalue weighted by Crippen LogP contribution is -2.39. The molecule has 0 saturated heterocycles. The van der Waals surface area contributed by atoms with E-state index in [1.54, 1.807) is 25.1 Å². The molecule has 2 rings (SSSR count). The van der Waals surface area contributed by atoms with Crippen LogP contribution in [0.1, 0.15) is 51.5 Å². The normalized spacial score (nSPS) is 16.0. The smallest absolute Gasteiger partial charge is 0.319 e. The Bertz CT molecular complexity index is 694. The SMILES string of the molecule is CCN(CC)S(=O)(=O)c1cc(NC(=O)NC2CCCCC2)ccc1C. The minimum atomic E-state index is -3.56. The fraction of sp³-hybridized carbons (Fsp3) is 0.611. The van der Waals surface area contributed by atoms with E-state index in [-0.39, 0.29) is 17.0 Å². The van der Waals surface area contributed by atoms with Crippen LogP contribution in [0.4, 0.5) is 10.5 Å². The molecule has 1 fully saturated rings. The van der Waals surface area contributed by atoms with Crippen LogP contribution in [0.2, 0.25) is 0 Å². The van der Waals surface area contributed by atoms with Gasteiger partial charge in [-0.2, -0.15) is 4.31 Å². The van der Waals surface area contributed by atoms with E-state index in [0.717, 1.165) is 25.7 Å². The molecule has 7 heteroatoms. The molecule has 0 unspecified atom stereocenters. The zero-order valence-corrected chi connectivity index (χ0v) is 16.2. The highest BCUT2D eigenvalue weighted by Gasteiger charge is 2.24. The molecule has 1 aliphatic carbocycles. The van der Waals surface area contributed by atoms with Gasteiger partial charge in [0.1, 0.15) is 0 Å². The summed E-state index contributed by atoms with van der Waals surface area (Å²) in [7, 11) is -3.56. The fourth-order valence-corrected chi connectivity index (χ4v) is 4.97. The Morgan fingerprint density at radius 1 is 1.16 bits per heavy atom. The van der Waals surface area contributed by atoms with E-state index in [4.69, 9.17) is 0 Å². The predicted octanol–water partition coefficient (Wildman–Crippen LogP) is 3.48. The van der Waals surface area contributed by atoms with Gasteiger partial charge in [-0.05, 0) is 37.5 Å². The largest absolute Gasteiger partial charge is 0.335 e. The molecule has 1 aliphatic rings. The first kappa shape index (κ1) is 19.7. The summed E-state index contributed by atoms with van der Waals surface area (Å²) in [5.74, 6) is 0. The number of rotatable bonds is 6. The maximum atomic E-state index is 12.8. The average molecular weight is 368 g/mol. The van der Waals surface area contributed by atoms with Crippen molar-refractivity contribution >= 4 is 21.7 Å². The number of carbonyl (C=O) groups is 1. The Morgan fingerprint density at radius 3 is 2.40 bits per heavy atom. The summed E-state index contributed by atoms with van der Waals surface area (Å²) < 4.78 is 27.0. The zero-order chi connectivity index (χ0) is 18.4. The Hall–Kier alpha value is -1.60. The van der Waals surface area contributed by atoms with Crippen LogP contribution in [-0.2, 0) is 10.0 Å². The van der Waals surface area contributed by atoms with E-state index in [1.807, 2.05) is 13.8 Å². The van der Waals surface area contributed by atoms with Crippen LogP contribution in [0.15, 0.2) is 23.1 Å². The first-order valence-corrected chi connectivity index (χ1v) is 10.5. The van der Waals surface area contributed by atoms with E-state index >= 15 is 0 Å². The molecule has 1 aromatic rings. The predicted molar refractivity (Wildman–Crippen MR) is 100 cm³/mol. The quantitative estimate of drug-likeness (QED) is 0.808. The summed E-state index contributed by atoms with van der Waals surface area (Å²) in [6.45, 7) is 6.23. The molecule has 140 valence electrons. The van der Waals surface area contributed by atoms with Crippen LogP contribution < -0.4 is 10.6 Å². The summed E-state index contributed by atoms with van der Waals surface area (Å²) in [4.78, 5) is 12.4. The minimum absolute atomic E-state index is 0.207. The zero-order valence-electron chi connectivity index (χ0n) is 15.3. The van der Waals surface area contributed by atoms with E-state index in [0.29, 0.717) is 24.3 Å². The van der Waals surface area contributed by atoms with Gasteiger partial charge < -0.3 is 10.6 Å². The highest BCUT2D eigenvalue weighted by molar-refractivity contribution is 7.89. The molecule has 0 heterocycles. The van der Waals surface area contributed by atoms with Crippen molar-refractivity contribution in [1.29, 1.82) is 0 Å². The van der Waals surface area contributed by atoms with Gasteiger partial charge in [-0.25, -0.2) is 13.2 Å². The molecule has 0 aromatic heterocycles. The monoisotopic (exact) mass is 367 g/mol. The number of hydrogen-bond acceptors (Lipinski definition) is 3. The first-order valence-electron chi connectivity index (χ1n) is 9.06. The number of carbonyl (C=O) groups excluding carboxylic acids is 1. The van der Waals surface area contributed by atoms with E-state index in [2.05, 4.69) is 10.6 Å². The van der Waals surface area contributed by atoms with Crippen LogP contribution in [0.3, 0.4) is 0 Å². The standard InChI is InChI=1S/C18H29N3O3S/c1-4-21(5-2)25(23,24)17-13-16(12-11-14(17)3)20-18(22)19-15-9-7-6-8-10-15/h11-13,15H,4-10H2,1-3H3,(H2,19,20,22). The number of urea groups is 1. The molecule has 6 nitrogen and oxygen atoms in total. The molecule has 2 amide bonds. The lowest BCUT2D eigenvalue weighted by Gasteiger charge is -2.23. The third-order valence-electron chi connectivity index (χ3n) is 4.71. The van der Waals surface area contributed by atoms with Crippen molar-refractivity contribution in [2.24, 2.45) is 0 Å². The summed E-state index contributed by atoms with van der Waals surface area (Å²) in [5.41, 5.74) is 1.16. The maximum absolute atomic E-state index is 12.8. The molecule has 0 bridgehead atoms. The van der Waals surface area contributed by atoms with Gasteiger partial charge in [-0.15, -0.1) is 0 Å². The third kappa shape index (κ3) is 4.95. The second-order valence-corrected chi connectivity index (χ2v) is 8.41. The van der Waals surface area contributed by atoms with Gasteiger partial charge in [0.05, 0.1) is 4.90 Å². The van der Waals surface area contributed by atoms with Crippen LogP contribution in [0.25, 0.3) is 0 Å². The van der Waals surface area contributed by atoms with E-state index < -0.39 is 10.0 Å². The van der Waals surface area contributed by atoms with Crippen molar-refractivity contribution < 1.29 is 13.2 Å². The molecule has 0 radical (unpaired) electrons. The highest BCUT2D eigenvalue weighted by Crippen LogP contribution is 2.24. The first-order chi connectivity index (χ1) is 11.9. The molecule has 25 heavy (non-hydrogen) atoms. The Kier molecular flexibility index (Phi) is 6.84. The minimum Gasteiger partial charge on any atom is -0.335 e. The molecule has 2 N–H and O–H groups in total. The van der Waals surface area contributed by atoms with Gasteiger partial charge in [0.2, 0.25) is 10.0 Å². The van der Waals surface area contributed by atoms with Gasteiger partial charge in [0, 0.05) is 24.8 Å². The van der Waals surface area contributed by atoms with Gasteiger partial charge in [-0.3, -0.25) is 0 Å². The maximum Gasteiger partial charge on any atom is 0.319 e. The summed E-state index contributed by atoms with van der Waals surface area (Å²) >= 11 is 0. The lowest BCUT2D eigenvalue weighted by molar-refractivity contribution is 0.244. The van der Waals surface area contributed by atoms with Gasteiger partial charge in [-0.1, -0.05) is 39.2 Å². The van der Waals surface area contributed by atoms with Crippen molar-refractivity contribution in [1.82, 2.24) is 9.62 Å². The van der Waals surface area contributed by atoms with Crippen molar-refractivity contribution in [2.75, 3.05) is 18.4 Å². The molecule has 0 aliphatic heterocycles. The number of nitrogens with one attached hydrogen (secondary N) is 2. The molecule has 0 atom stereocenters. The average Bonchev–Trinajstić information content (AvgIpc) is 2.58. The number of sulfonamides is 1. The summed E-state index contributed by atoms with van der Waals surface area (Å²) in [5, 5.41) is 5.75. The van der Waals surface area contributed by atoms with Crippen molar-refractivity contribution in [3.8, 4) is 0 Å². The van der Waals surface area contributed by atoms with Crippen LogP contribution in [0, 0.1) is 6.92 Å². The number of anilines is 1. The molecular weight excluding hydrogens is 338 g/mol. The highest BCUT2D eigenvalue weighted by atomic mass is 32.2. The second-order valence-electron chi connectivity index (χ2n) is 6.50. The van der Waals surface area contributed by atoms with Crippen LogP contribution >= 0.6 is 0 Å². The molecule has 0 spiro atoms. The fourth-order valence-electron chi connectivity index (χ4n) is 3.26. The Morgan fingerprint density at radius 2 is 1.80 bits per heavy atom. The van der Waals surface area contributed by atoms with Gasteiger partial charge in [0.25, 0.3) is 0 Å². The third-order valence-corrected chi connectivity index (χ3v) is 6.90. The van der Waals surface area contributed by atoms with Crippen molar-refractivity contribution in [2.45, 2.75) is 63.8 Å². The topological polar surface area (TPSA) is 78.5 Å². The van der Waals surface area contributed by atoms with Crippen LogP contribution in [-0.4, -0.2) is 37.9 Å². The number of hydrogen-bond donors (Lipinski definition) is 2. The number of amides is 2. The number of nitrogens with zero attached hydrogens (tertiary/aromatic N) is 1. The summed E-state index contributed by atoms with van der Waals surface area (Å²) in [6.07, 6.45) is 5.51. The van der Waals surface area contributed by atoms with Gasteiger partial charge >= 0.3 is 6.03 Å². The Labute approximate surface area is 151 Å². The second kappa shape index (κ2) is 8.67. The number of aryl methyl sites for hydroxylation is 1. The van der Waals surface area contributed by atoms with E-state index in [1.165, 1.54) is 10.7 Å². The van der Waals surface area contributed by atoms with E-state index in [9.17, 15) is 13.2 Å². The summed E-state index contributed by atoms with van der Waals surface area (Å²) in [6, 6.07) is 4.94. The molecule has 1 saturated carbocycles. The number of benzene rings is 1. The van der Waals surface area contributed by atoms with Gasteiger partial charge in [0.15, 0.2) is 0 Å². The Balaban J connectivity index is 2.14. The van der Waals surface area contributed by atoms with Crippen LogP contribution in [0.5, 0.6) is 0 Å². The van der Waals surface area contributed by atoms with Crippen molar-refractivity contribution in [3.63, 3.8) is 0 Å².